The van der Waals surface area contributed by atoms with Crippen LogP contribution in [0.1, 0.15) is 29.2 Å². The van der Waals surface area contributed by atoms with Crippen LogP contribution in [0.5, 0.6) is 11.5 Å². The second kappa shape index (κ2) is 13.3. The first-order valence-corrected chi connectivity index (χ1v) is 13.8. The van der Waals surface area contributed by atoms with E-state index in [1.165, 1.54) is 0 Å². The van der Waals surface area contributed by atoms with Crippen molar-refractivity contribution in [2.75, 3.05) is 18.5 Å². The van der Waals surface area contributed by atoms with Crippen molar-refractivity contribution in [3.05, 3.63) is 105 Å². The second-order valence-electron chi connectivity index (χ2n) is 9.14. The first kappa shape index (κ1) is 28.9. The number of nitrogens with zero attached hydrogens (tertiary/aromatic N) is 1. The van der Waals surface area contributed by atoms with Crippen LogP contribution in [0.2, 0.25) is 0 Å². The van der Waals surface area contributed by atoms with Crippen molar-refractivity contribution < 1.29 is 23.9 Å². The number of allylic oxidation sites excluding steroid dienone is 1. The van der Waals surface area contributed by atoms with Gasteiger partial charge in [-0.3, -0.25) is 9.59 Å². The van der Waals surface area contributed by atoms with E-state index in [-0.39, 0.29) is 5.70 Å². The third-order valence-corrected chi connectivity index (χ3v) is 6.74. The first-order chi connectivity index (χ1) is 19.3. The van der Waals surface area contributed by atoms with Crippen molar-refractivity contribution >= 4 is 52.2 Å². The summed E-state index contributed by atoms with van der Waals surface area (Å²) in [5, 5.41) is 5.28. The van der Waals surface area contributed by atoms with Crippen molar-refractivity contribution in [2.45, 2.75) is 26.9 Å². The van der Waals surface area contributed by atoms with E-state index in [9.17, 15) is 14.4 Å². The number of nitrogens with one attached hydrogen (secondary N) is 2. The van der Waals surface area contributed by atoms with E-state index in [0.717, 1.165) is 25.2 Å². The minimum absolute atomic E-state index is 0.0627. The highest BCUT2D eigenvalue weighted by atomic mass is 127. The molecule has 1 fully saturated rings. The third-order valence-electron chi connectivity index (χ3n) is 6.02. The monoisotopic (exact) mass is 651 g/mol. The van der Waals surface area contributed by atoms with Crippen LogP contribution >= 0.6 is 22.6 Å². The third kappa shape index (κ3) is 7.29. The summed E-state index contributed by atoms with van der Waals surface area (Å²) in [5.74, 6) is 0.0467. The number of benzene rings is 3. The summed E-state index contributed by atoms with van der Waals surface area (Å²) < 4.78 is 13.2. The first-order valence-electron chi connectivity index (χ1n) is 12.8. The molecule has 3 aromatic carbocycles. The van der Waals surface area contributed by atoms with Crippen LogP contribution in [0.3, 0.4) is 0 Å². The molecule has 0 bridgehead atoms. The molecule has 8 nitrogen and oxygen atoms in total. The minimum Gasteiger partial charge on any atom is -0.490 e. The van der Waals surface area contributed by atoms with Crippen molar-refractivity contribution in [2.24, 2.45) is 0 Å². The van der Waals surface area contributed by atoms with Crippen LogP contribution in [-0.2, 0) is 22.6 Å². The Kier molecular flexibility index (Phi) is 9.60. The molecule has 1 heterocycles. The van der Waals surface area contributed by atoms with Crippen molar-refractivity contribution in [3.63, 3.8) is 0 Å². The molecule has 3 aromatic rings. The van der Waals surface area contributed by atoms with Crippen LogP contribution in [0.15, 0.2) is 79.0 Å². The smallest absolute Gasteiger partial charge is 0.329 e. The van der Waals surface area contributed by atoms with Crippen LogP contribution in [-0.4, -0.2) is 35.9 Å². The lowest BCUT2D eigenvalue weighted by atomic mass is 10.0. The maximum absolute atomic E-state index is 13.0. The number of anilines is 1. The molecule has 1 aliphatic heterocycles. The number of ether oxygens (including phenoxy) is 2. The van der Waals surface area contributed by atoms with E-state index in [2.05, 4.69) is 39.8 Å². The maximum atomic E-state index is 13.0. The molecular weight excluding hydrogens is 621 g/mol. The Balaban J connectivity index is 1.54. The van der Waals surface area contributed by atoms with Gasteiger partial charge in [-0.15, -0.1) is 6.58 Å². The van der Waals surface area contributed by atoms with Crippen LogP contribution in [0.25, 0.3) is 6.08 Å². The lowest BCUT2D eigenvalue weighted by molar-refractivity contribution is -0.127. The van der Waals surface area contributed by atoms with E-state index in [1.54, 1.807) is 30.4 Å². The SMILES string of the molecule is C=CCc1cc(/C=C2/NC(=O)N(CC(=O)Nc3ccc(C)cc3)C2=O)cc(OCC)c1OCc1ccc(I)cc1. The Morgan fingerprint density at radius 1 is 1.07 bits per heavy atom. The molecule has 0 saturated carbocycles. The van der Waals surface area contributed by atoms with Gasteiger partial charge in [0.15, 0.2) is 11.5 Å². The van der Waals surface area contributed by atoms with Crippen LogP contribution < -0.4 is 20.1 Å². The number of aryl methyl sites for hydroxylation is 1. The zero-order valence-electron chi connectivity index (χ0n) is 22.3. The fraction of sp³-hybridized carbons (Fsp3) is 0.194. The van der Waals surface area contributed by atoms with E-state index >= 15 is 0 Å². The Morgan fingerprint density at radius 3 is 2.48 bits per heavy atom. The predicted molar refractivity (Wildman–Crippen MR) is 163 cm³/mol. The fourth-order valence-electron chi connectivity index (χ4n) is 4.10. The topological polar surface area (TPSA) is 97.0 Å². The predicted octanol–water partition coefficient (Wildman–Crippen LogP) is 5.84. The number of hydrogen-bond donors (Lipinski definition) is 2. The Hall–Kier alpha value is -4.12. The summed E-state index contributed by atoms with van der Waals surface area (Å²) in [6, 6.07) is 18.3. The molecule has 206 valence electrons. The number of carbonyl (C=O) groups is 3. The molecule has 1 saturated heterocycles. The van der Waals surface area contributed by atoms with Crippen LogP contribution in [0, 0.1) is 10.5 Å². The molecule has 0 unspecified atom stereocenters. The van der Waals surface area contributed by atoms with Crippen molar-refractivity contribution in [1.82, 2.24) is 10.2 Å². The summed E-state index contributed by atoms with van der Waals surface area (Å²) in [6.45, 7) is 8.03. The van der Waals surface area contributed by atoms with Gasteiger partial charge in [-0.1, -0.05) is 35.9 Å². The van der Waals surface area contributed by atoms with E-state index in [4.69, 9.17) is 9.47 Å². The van der Waals surface area contributed by atoms with E-state index in [0.29, 0.717) is 42.4 Å². The molecule has 0 aliphatic carbocycles. The van der Waals surface area contributed by atoms with Gasteiger partial charge >= 0.3 is 6.03 Å². The van der Waals surface area contributed by atoms with Gasteiger partial charge in [0.05, 0.1) is 6.61 Å². The highest BCUT2D eigenvalue weighted by molar-refractivity contribution is 14.1. The molecule has 1 aliphatic rings. The van der Waals surface area contributed by atoms with Gasteiger partial charge in [-0.25, -0.2) is 9.69 Å². The van der Waals surface area contributed by atoms with E-state index in [1.807, 2.05) is 56.3 Å². The number of amides is 4. The van der Waals surface area contributed by atoms with Crippen LogP contribution in [0.4, 0.5) is 10.5 Å². The minimum atomic E-state index is -0.663. The largest absolute Gasteiger partial charge is 0.490 e. The Morgan fingerprint density at radius 2 is 1.80 bits per heavy atom. The molecule has 4 rings (SSSR count). The molecule has 0 atom stereocenters. The van der Waals surface area contributed by atoms with Gasteiger partial charge < -0.3 is 20.1 Å². The van der Waals surface area contributed by atoms with Gasteiger partial charge in [-0.2, -0.15) is 0 Å². The second-order valence-corrected chi connectivity index (χ2v) is 10.4. The average Bonchev–Trinajstić information content (AvgIpc) is 3.18. The summed E-state index contributed by atoms with van der Waals surface area (Å²) >= 11 is 2.26. The number of rotatable bonds is 11. The highest BCUT2D eigenvalue weighted by Gasteiger charge is 2.35. The summed E-state index contributed by atoms with van der Waals surface area (Å²) in [6.07, 6.45) is 3.83. The summed E-state index contributed by atoms with van der Waals surface area (Å²) in [4.78, 5) is 39.0. The average molecular weight is 652 g/mol. The molecule has 0 aromatic heterocycles. The molecular formula is C31H30IN3O5. The number of carbonyl (C=O) groups excluding carboxylic acids is 3. The number of imide groups is 1. The van der Waals surface area contributed by atoms with Crippen molar-refractivity contribution in [1.29, 1.82) is 0 Å². The molecule has 40 heavy (non-hydrogen) atoms. The zero-order chi connectivity index (χ0) is 28.6. The lowest BCUT2D eigenvalue weighted by Crippen LogP contribution is -2.38. The maximum Gasteiger partial charge on any atom is 0.329 e. The van der Waals surface area contributed by atoms with Gasteiger partial charge in [0.1, 0.15) is 18.8 Å². The Labute approximate surface area is 247 Å². The summed E-state index contributed by atoms with van der Waals surface area (Å²) in [5.41, 5.74) is 4.18. The van der Waals surface area contributed by atoms with Gasteiger partial charge in [0.25, 0.3) is 5.91 Å². The van der Waals surface area contributed by atoms with Crippen molar-refractivity contribution in [3.8, 4) is 11.5 Å². The molecule has 4 amide bonds. The molecule has 9 heteroatoms. The lowest BCUT2D eigenvalue weighted by Gasteiger charge is -2.17. The van der Waals surface area contributed by atoms with Gasteiger partial charge in [0, 0.05) is 14.8 Å². The van der Waals surface area contributed by atoms with Gasteiger partial charge in [0.2, 0.25) is 5.91 Å². The van der Waals surface area contributed by atoms with E-state index < -0.39 is 24.4 Å². The standard InChI is InChI=1S/C31H30IN3O5/c1-4-6-23-15-22(17-27(39-5-2)29(23)40-19-21-9-11-24(32)12-10-21)16-26-30(37)35(31(38)34-26)18-28(36)33-25-13-7-20(3)8-14-25/h4,7-17H,1,5-6,18-19H2,2-3H3,(H,33,36)(H,34,38)/b26-16+. The Bertz CT molecular complexity index is 1450. The quantitative estimate of drug-likeness (QED) is 0.118. The normalized spacial score (nSPS) is 13.8. The number of urea groups is 1. The fourth-order valence-corrected chi connectivity index (χ4v) is 4.46. The summed E-state index contributed by atoms with van der Waals surface area (Å²) in [7, 11) is 0. The molecule has 2 N–H and O–H groups in total. The highest BCUT2D eigenvalue weighted by Crippen LogP contribution is 2.35. The number of halogens is 1. The molecule has 0 radical (unpaired) electrons. The van der Waals surface area contributed by atoms with Gasteiger partial charge in [-0.05, 0) is 96.5 Å². The zero-order valence-corrected chi connectivity index (χ0v) is 24.5. The molecule has 0 spiro atoms. The number of hydrogen-bond acceptors (Lipinski definition) is 5.